The molecule has 3 nitrogen and oxygen atoms in total. The second kappa shape index (κ2) is 11.4. The van der Waals surface area contributed by atoms with Gasteiger partial charge in [-0.2, -0.15) is 0 Å². The minimum atomic E-state index is 0. The number of fused-ring (bicyclic) bond motifs is 2. The minimum Gasteiger partial charge on any atom is -0.493 e. The summed E-state index contributed by atoms with van der Waals surface area (Å²) in [5.74, 6) is 1.54. The van der Waals surface area contributed by atoms with Crippen LogP contribution in [0.2, 0.25) is 0 Å². The summed E-state index contributed by atoms with van der Waals surface area (Å²) >= 11 is 0. The normalized spacial score (nSPS) is 15.3. The molecule has 0 saturated carbocycles. The number of methoxy groups -OCH3 is 2. The van der Waals surface area contributed by atoms with Crippen LogP contribution in [0.3, 0.4) is 0 Å². The van der Waals surface area contributed by atoms with Crippen molar-refractivity contribution < 1.29 is 9.47 Å². The van der Waals surface area contributed by atoms with Gasteiger partial charge < -0.3 is 9.47 Å². The lowest BCUT2D eigenvalue weighted by atomic mass is 9.86. The molecule has 0 aromatic heterocycles. The Morgan fingerprint density at radius 2 is 1.40 bits per heavy atom. The molecule has 1 saturated heterocycles. The zero-order chi connectivity index (χ0) is 23.3. The predicted octanol–water partition coefficient (Wildman–Crippen LogP) is 7.22. The monoisotopic (exact) mass is 485 g/mol. The van der Waals surface area contributed by atoms with Crippen LogP contribution in [0.4, 0.5) is 0 Å². The number of halogens is 1. The molecular weight excluding hydrogens is 454 g/mol. The molecule has 0 radical (unpaired) electrons. The second-order valence-electron chi connectivity index (χ2n) is 8.77. The van der Waals surface area contributed by atoms with Crippen molar-refractivity contribution >= 4 is 36.2 Å². The van der Waals surface area contributed by atoms with Crippen LogP contribution in [0.5, 0.6) is 11.5 Å². The standard InChI is InChI=1S/C31H31NO2.ClH/c1-33-29-15-7-11-26(31(29)34-2)12-8-20-32-21-18-25(19-22-32)30-27-13-5-3-9-23(27)16-17-24-10-4-6-14-28(24)30;/h3-17H,18-22H2,1-2H3;1H. The van der Waals surface area contributed by atoms with E-state index in [1.54, 1.807) is 19.8 Å². The van der Waals surface area contributed by atoms with E-state index in [1.165, 1.54) is 27.8 Å². The number of rotatable bonds is 5. The van der Waals surface area contributed by atoms with Gasteiger partial charge in [0.1, 0.15) is 0 Å². The van der Waals surface area contributed by atoms with Gasteiger partial charge in [0.2, 0.25) is 0 Å². The Bertz CT molecular complexity index is 1210. The second-order valence-corrected chi connectivity index (χ2v) is 8.77. The minimum absolute atomic E-state index is 0. The zero-order valence-electron chi connectivity index (χ0n) is 20.4. The van der Waals surface area contributed by atoms with E-state index in [-0.39, 0.29) is 12.4 Å². The van der Waals surface area contributed by atoms with Crippen molar-refractivity contribution in [3.05, 3.63) is 106 Å². The third-order valence-electron chi connectivity index (χ3n) is 6.81. The van der Waals surface area contributed by atoms with Crippen molar-refractivity contribution in [1.82, 2.24) is 4.90 Å². The third kappa shape index (κ3) is 5.22. The summed E-state index contributed by atoms with van der Waals surface area (Å²) in [6.07, 6.45) is 11.1. The third-order valence-corrected chi connectivity index (χ3v) is 6.81. The maximum atomic E-state index is 5.56. The van der Waals surface area contributed by atoms with Crippen molar-refractivity contribution in [3.8, 4) is 11.5 Å². The summed E-state index contributed by atoms with van der Waals surface area (Å²) in [4.78, 5) is 2.53. The average Bonchev–Trinajstić information content (AvgIpc) is 3.06. The van der Waals surface area contributed by atoms with Crippen LogP contribution in [0.25, 0.3) is 23.8 Å². The number of hydrogen-bond acceptors (Lipinski definition) is 3. The topological polar surface area (TPSA) is 21.7 Å². The summed E-state index contributed by atoms with van der Waals surface area (Å²) < 4.78 is 11.0. The number of para-hydroxylation sites is 1. The molecule has 2 aliphatic rings. The summed E-state index contributed by atoms with van der Waals surface area (Å²) in [5.41, 5.74) is 9.37. The molecule has 180 valence electrons. The fraction of sp³-hybridized carbons (Fsp3) is 0.226. The first-order valence-electron chi connectivity index (χ1n) is 12.0. The van der Waals surface area contributed by atoms with Gasteiger partial charge in [-0.05, 0) is 46.7 Å². The molecule has 3 aromatic rings. The van der Waals surface area contributed by atoms with Crippen LogP contribution < -0.4 is 9.47 Å². The molecule has 5 rings (SSSR count). The molecule has 35 heavy (non-hydrogen) atoms. The van der Waals surface area contributed by atoms with E-state index in [0.717, 1.165) is 49.5 Å². The van der Waals surface area contributed by atoms with Crippen LogP contribution in [-0.2, 0) is 0 Å². The van der Waals surface area contributed by atoms with Crippen molar-refractivity contribution in [2.24, 2.45) is 0 Å². The Hall–Kier alpha value is -3.27. The molecule has 0 unspecified atom stereocenters. The molecule has 0 N–H and O–H groups in total. The molecule has 1 aliphatic heterocycles. The van der Waals surface area contributed by atoms with Gasteiger partial charge in [-0.25, -0.2) is 0 Å². The number of piperidine rings is 1. The quantitative estimate of drug-likeness (QED) is 0.298. The van der Waals surface area contributed by atoms with E-state index in [2.05, 4.69) is 83.8 Å². The van der Waals surface area contributed by atoms with E-state index in [9.17, 15) is 0 Å². The average molecular weight is 486 g/mol. The van der Waals surface area contributed by atoms with E-state index >= 15 is 0 Å². The smallest absolute Gasteiger partial charge is 0.167 e. The van der Waals surface area contributed by atoms with Crippen molar-refractivity contribution in [3.63, 3.8) is 0 Å². The predicted molar refractivity (Wildman–Crippen MR) is 149 cm³/mol. The van der Waals surface area contributed by atoms with Crippen molar-refractivity contribution in [1.29, 1.82) is 0 Å². The molecule has 4 heteroatoms. The zero-order valence-corrected chi connectivity index (χ0v) is 21.2. The van der Waals surface area contributed by atoms with E-state index in [1.807, 2.05) is 12.1 Å². The van der Waals surface area contributed by atoms with Gasteiger partial charge in [-0.1, -0.05) is 90.5 Å². The lowest BCUT2D eigenvalue weighted by Gasteiger charge is -2.29. The fourth-order valence-corrected chi connectivity index (χ4v) is 5.07. The Morgan fingerprint density at radius 3 is 2.00 bits per heavy atom. The maximum Gasteiger partial charge on any atom is 0.167 e. The largest absolute Gasteiger partial charge is 0.493 e. The van der Waals surface area contributed by atoms with Gasteiger partial charge in [0.25, 0.3) is 0 Å². The first-order valence-corrected chi connectivity index (χ1v) is 12.0. The molecule has 1 fully saturated rings. The van der Waals surface area contributed by atoms with E-state index < -0.39 is 0 Å². The number of likely N-dealkylation sites (tertiary alicyclic amines) is 1. The first-order chi connectivity index (χ1) is 16.8. The molecule has 0 bridgehead atoms. The first kappa shape index (κ1) is 24.8. The Kier molecular flexibility index (Phi) is 8.12. The molecular formula is C31H32ClNO2. The molecule has 1 heterocycles. The lowest BCUT2D eigenvalue weighted by molar-refractivity contribution is 0.284. The van der Waals surface area contributed by atoms with E-state index in [4.69, 9.17) is 9.47 Å². The van der Waals surface area contributed by atoms with E-state index in [0.29, 0.717) is 0 Å². The SMILES string of the molecule is COc1cccc(C=CCN2CCC(=C3c4ccccc4C=Cc4ccccc43)CC2)c1OC.Cl. The van der Waals surface area contributed by atoms with Gasteiger partial charge in [0, 0.05) is 25.2 Å². The maximum absolute atomic E-state index is 5.56. The number of nitrogens with zero attached hydrogens (tertiary/aromatic N) is 1. The van der Waals surface area contributed by atoms with Gasteiger partial charge >= 0.3 is 0 Å². The van der Waals surface area contributed by atoms with Gasteiger partial charge in [-0.15, -0.1) is 12.4 Å². The molecule has 3 aromatic carbocycles. The number of ether oxygens (including phenoxy) is 2. The molecule has 0 amide bonds. The Balaban J connectivity index is 0.00000289. The van der Waals surface area contributed by atoms with Crippen LogP contribution in [0.1, 0.15) is 40.7 Å². The van der Waals surface area contributed by atoms with Crippen LogP contribution in [0.15, 0.2) is 78.4 Å². The molecule has 0 atom stereocenters. The highest BCUT2D eigenvalue weighted by molar-refractivity contribution is 5.94. The lowest BCUT2D eigenvalue weighted by Crippen LogP contribution is -2.31. The van der Waals surface area contributed by atoms with Crippen molar-refractivity contribution in [2.45, 2.75) is 12.8 Å². The van der Waals surface area contributed by atoms with Crippen LogP contribution in [-0.4, -0.2) is 38.8 Å². The summed E-state index contributed by atoms with van der Waals surface area (Å²) in [6, 6.07) is 23.6. The van der Waals surface area contributed by atoms with Gasteiger partial charge in [0.15, 0.2) is 11.5 Å². The van der Waals surface area contributed by atoms with Crippen LogP contribution >= 0.6 is 12.4 Å². The highest BCUT2D eigenvalue weighted by Crippen LogP contribution is 2.38. The summed E-state index contributed by atoms with van der Waals surface area (Å²) in [7, 11) is 3.36. The fourth-order valence-electron chi connectivity index (χ4n) is 5.07. The Labute approximate surface area is 214 Å². The highest BCUT2D eigenvalue weighted by Gasteiger charge is 2.22. The summed E-state index contributed by atoms with van der Waals surface area (Å²) in [5, 5.41) is 0. The summed E-state index contributed by atoms with van der Waals surface area (Å²) in [6.45, 7) is 3.06. The van der Waals surface area contributed by atoms with Gasteiger partial charge in [0.05, 0.1) is 14.2 Å². The number of hydrogen-bond donors (Lipinski definition) is 0. The van der Waals surface area contributed by atoms with Crippen molar-refractivity contribution in [2.75, 3.05) is 33.9 Å². The van der Waals surface area contributed by atoms with Crippen LogP contribution in [0, 0.1) is 0 Å². The molecule has 0 spiro atoms. The number of benzene rings is 3. The van der Waals surface area contributed by atoms with Gasteiger partial charge in [-0.3, -0.25) is 4.90 Å². The highest BCUT2D eigenvalue weighted by atomic mass is 35.5. The Morgan fingerprint density at radius 1 is 0.771 bits per heavy atom. The molecule has 1 aliphatic carbocycles.